The van der Waals surface area contributed by atoms with Crippen LogP contribution in [0.4, 0.5) is 0 Å². The minimum atomic E-state index is -0.653. The zero-order chi connectivity index (χ0) is 12.7. The van der Waals surface area contributed by atoms with Crippen molar-refractivity contribution in [2.75, 3.05) is 25.2 Å². The number of hydrazine groups is 1. The van der Waals surface area contributed by atoms with Crippen LogP contribution < -0.4 is 16.6 Å². The number of hydrogen-bond donors (Lipinski definition) is 3. The molecule has 100 valence electrons. The summed E-state index contributed by atoms with van der Waals surface area (Å²) in [5.41, 5.74) is 2.56. The number of nitrogens with two attached hydrogens (primary N) is 1. The third kappa shape index (κ3) is 5.47. The predicted molar refractivity (Wildman–Crippen MR) is 70.1 cm³/mol. The van der Waals surface area contributed by atoms with Crippen LogP contribution in [0.5, 0.6) is 0 Å². The van der Waals surface area contributed by atoms with E-state index < -0.39 is 10.8 Å². The van der Waals surface area contributed by atoms with E-state index in [9.17, 15) is 4.21 Å². The molecule has 1 fully saturated rings. The zero-order valence-corrected chi connectivity index (χ0v) is 11.3. The number of hydrogen-bond acceptors (Lipinski definition) is 4. The van der Waals surface area contributed by atoms with E-state index in [1.807, 2.05) is 6.92 Å². The molecule has 4 N–H and O–H groups in total. The third-order valence-corrected chi connectivity index (χ3v) is 3.99. The highest BCUT2D eigenvalue weighted by Gasteiger charge is 2.17. The van der Waals surface area contributed by atoms with E-state index in [-0.39, 0.29) is 12.1 Å². The number of ether oxygens (including phenoxy) is 1. The summed E-state index contributed by atoms with van der Waals surface area (Å²) in [6.07, 6.45) is 1.72. The minimum absolute atomic E-state index is 0.146. The summed E-state index contributed by atoms with van der Waals surface area (Å²) in [6, 6.07) is 0.355. The van der Waals surface area contributed by atoms with E-state index in [1.54, 1.807) is 7.11 Å². The molecule has 17 heavy (non-hydrogen) atoms. The number of aliphatic imine (C=N–C) groups is 1. The standard InChI is InChI=1S/C10H22N4O2S/c1-8(7-16-2)12-10(14-11)13-9-3-5-17(15)6-4-9/h8-9H,3-7,11H2,1-2H3,(H2,12,13,14). The monoisotopic (exact) mass is 262 g/mol. The molecular formula is C10H22N4O2S. The van der Waals surface area contributed by atoms with Crippen molar-refractivity contribution in [3.63, 3.8) is 0 Å². The van der Waals surface area contributed by atoms with Gasteiger partial charge in [-0.15, -0.1) is 0 Å². The van der Waals surface area contributed by atoms with E-state index in [0.717, 1.165) is 24.3 Å². The van der Waals surface area contributed by atoms with Crippen LogP contribution in [0.25, 0.3) is 0 Å². The molecule has 0 aromatic rings. The van der Waals surface area contributed by atoms with Gasteiger partial charge in [0, 0.05) is 35.5 Å². The molecule has 0 radical (unpaired) electrons. The Labute approximate surface area is 105 Å². The van der Waals surface area contributed by atoms with Gasteiger partial charge in [0.2, 0.25) is 5.96 Å². The molecule has 0 aromatic heterocycles. The van der Waals surface area contributed by atoms with Crippen LogP contribution in [0, 0.1) is 0 Å². The van der Waals surface area contributed by atoms with Gasteiger partial charge in [-0.2, -0.15) is 0 Å². The van der Waals surface area contributed by atoms with Gasteiger partial charge in [-0.3, -0.25) is 9.63 Å². The molecular weight excluding hydrogens is 240 g/mol. The quantitative estimate of drug-likeness (QED) is 0.271. The molecule has 1 atom stereocenters. The average molecular weight is 262 g/mol. The normalized spacial score (nSPS) is 27.6. The topological polar surface area (TPSA) is 88.7 Å². The lowest BCUT2D eigenvalue weighted by atomic mass is 10.2. The van der Waals surface area contributed by atoms with Crippen LogP contribution in [-0.4, -0.2) is 47.5 Å². The summed E-state index contributed by atoms with van der Waals surface area (Å²) in [6.45, 7) is 2.58. The molecule has 1 aliphatic rings. The lowest BCUT2D eigenvalue weighted by molar-refractivity contribution is 0.179. The first-order valence-electron chi connectivity index (χ1n) is 5.80. The van der Waals surface area contributed by atoms with Crippen molar-refractivity contribution in [2.45, 2.75) is 31.8 Å². The summed E-state index contributed by atoms with van der Waals surface area (Å²) in [7, 11) is 1.00. The highest BCUT2D eigenvalue weighted by atomic mass is 32.2. The Morgan fingerprint density at radius 1 is 1.59 bits per heavy atom. The molecule has 1 aliphatic heterocycles. The van der Waals surface area contributed by atoms with Gasteiger partial charge in [-0.25, -0.2) is 10.8 Å². The molecule has 1 unspecified atom stereocenters. The second-order valence-corrected chi connectivity index (χ2v) is 5.90. The maximum Gasteiger partial charge on any atom is 0.206 e. The molecule has 0 saturated carbocycles. The van der Waals surface area contributed by atoms with Crippen molar-refractivity contribution < 1.29 is 8.95 Å². The molecule has 1 heterocycles. The summed E-state index contributed by atoms with van der Waals surface area (Å²) in [4.78, 5) is 4.49. The lowest BCUT2D eigenvalue weighted by Crippen LogP contribution is -2.47. The van der Waals surface area contributed by atoms with E-state index in [0.29, 0.717) is 12.6 Å². The molecule has 0 aliphatic carbocycles. The van der Waals surface area contributed by atoms with Crippen LogP contribution in [0.2, 0.25) is 0 Å². The Kier molecular flexibility index (Phi) is 6.46. The molecule has 0 amide bonds. The van der Waals surface area contributed by atoms with Crippen molar-refractivity contribution in [3.05, 3.63) is 0 Å². The van der Waals surface area contributed by atoms with Crippen LogP contribution in [0.1, 0.15) is 19.8 Å². The number of methoxy groups -OCH3 is 1. The van der Waals surface area contributed by atoms with Gasteiger partial charge in [0.25, 0.3) is 0 Å². The SMILES string of the molecule is COCC(C)NC(=NC1CCS(=O)CC1)NN. The zero-order valence-electron chi connectivity index (χ0n) is 10.4. The van der Waals surface area contributed by atoms with Crippen molar-refractivity contribution in [1.29, 1.82) is 0 Å². The number of rotatable bonds is 4. The summed E-state index contributed by atoms with van der Waals surface area (Å²) in [5, 5.41) is 3.14. The Morgan fingerprint density at radius 3 is 2.76 bits per heavy atom. The smallest absolute Gasteiger partial charge is 0.206 e. The van der Waals surface area contributed by atoms with Gasteiger partial charge < -0.3 is 10.1 Å². The molecule has 1 rings (SSSR count). The van der Waals surface area contributed by atoms with Gasteiger partial charge in [0.05, 0.1) is 12.6 Å². The van der Waals surface area contributed by atoms with Gasteiger partial charge in [0.1, 0.15) is 0 Å². The van der Waals surface area contributed by atoms with Crippen LogP contribution in [0.3, 0.4) is 0 Å². The fourth-order valence-corrected chi connectivity index (χ4v) is 3.01. The summed E-state index contributed by atoms with van der Waals surface area (Å²) >= 11 is 0. The predicted octanol–water partition coefficient (Wildman–Crippen LogP) is -0.659. The Hall–Kier alpha value is -0.660. The first-order chi connectivity index (χ1) is 8.15. The maximum atomic E-state index is 11.2. The Morgan fingerprint density at radius 2 is 2.24 bits per heavy atom. The third-order valence-electron chi connectivity index (χ3n) is 2.61. The second kappa shape index (κ2) is 7.62. The first kappa shape index (κ1) is 14.4. The molecule has 0 spiro atoms. The van der Waals surface area contributed by atoms with Crippen LogP contribution in [-0.2, 0) is 15.5 Å². The molecule has 1 saturated heterocycles. The largest absolute Gasteiger partial charge is 0.383 e. The molecule has 6 nitrogen and oxygen atoms in total. The minimum Gasteiger partial charge on any atom is -0.383 e. The number of nitrogens with one attached hydrogen (secondary N) is 2. The van der Waals surface area contributed by atoms with E-state index in [4.69, 9.17) is 10.6 Å². The van der Waals surface area contributed by atoms with E-state index in [1.165, 1.54) is 0 Å². The Bertz CT molecular complexity index is 275. The van der Waals surface area contributed by atoms with Gasteiger partial charge >= 0.3 is 0 Å². The second-order valence-electron chi connectivity index (χ2n) is 4.20. The van der Waals surface area contributed by atoms with Crippen molar-refractivity contribution in [3.8, 4) is 0 Å². The summed E-state index contributed by atoms with van der Waals surface area (Å²) in [5.74, 6) is 7.47. The Balaban J connectivity index is 2.45. The fourth-order valence-electron chi connectivity index (χ4n) is 1.73. The molecule has 0 aromatic carbocycles. The highest BCUT2D eigenvalue weighted by Crippen LogP contribution is 2.12. The molecule has 0 bridgehead atoms. The highest BCUT2D eigenvalue weighted by molar-refractivity contribution is 7.85. The molecule has 7 heteroatoms. The van der Waals surface area contributed by atoms with Crippen LogP contribution in [0.15, 0.2) is 4.99 Å². The van der Waals surface area contributed by atoms with Gasteiger partial charge in [-0.1, -0.05) is 0 Å². The van der Waals surface area contributed by atoms with Crippen molar-refractivity contribution >= 4 is 16.8 Å². The lowest BCUT2D eigenvalue weighted by Gasteiger charge is -2.21. The fraction of sp³-hybridized carbons (Fsp3) is 0.900. The van der Waals surface area contributed by atoms with Gasteiger partial charge in [-0.05, 0) is 19.8 Å². The number of nitrogens with zero attached hydrogens (tertiary/aromatic N) is 1. The van der Waals surface area contributed by atoms with Crippen molar-refractivity contribution in [1.82, 2.24) is 10.7 Å². The van der Waals surface area contributed by atoms with Crippen molar-refractivity contribution in [2.24, 2.45) is 10.8 Å². The maximum absolute atomic E-state index is 11.2. The van der Waals surface area contributed by atoms with E-state index >= 15 is 0 Å². The van der Waals surface area contributed by atoms with E-state index in [2.05, 4.69) is 15.7 Å². The average Bonchev–Trinajstić information content (AvgIpc) is 2.31. The van der Waals surface area contributed by atoms with Gasteiger partial charge in [0.15, 0.2) is 0 Å². The number of guanidine groups is 1. The van der Waals surface area contributed by atoms with Crippen LogP contribution >= 0.6 is 0 Å². The first-order valence-corrected chi connectivity index (χ1v) is 7.29. The summed E-state index contributed by atoms with van der Waals surface area (Å²) < 4.78 is 16.2.